The molecule has 1 amide bonds. The van der Waals surface area contributed by atoms with Crippen LogP contribution in [0.5, 0.6) is 0 Å². The van der Waals surface area contributed by atoms with Crippen LogP contribution in [0.25, 0.3) is 11.0 Å². The van der Waals surface area contributed by atoms with Crippen molar-refractivity contribution in [1.82, 2.24) is 20.3 Å². The number of aromatic nitrogens is 3. The number of benzene rings is 1. The Labute approximate surface area is 184 Å². The van der Waals surface area contributed by atoms with E-state index in [1.165, 1.54) is 13.3 Å². The Morgan fingerprint density at radius 3 is 2.55 bits per heavy atom. The van der Waals surface area contributed by atoms with E-state index in [4.69, 9.17) is 11.6 Å². The minimum atomic E-state index is -1.01. The summed E-state index contributed by atoms with van der Waals surface area (Å²) in [5, 5.41) is 16.7. The number of carbonyl (C=O) groups is 2. The third-order valence-electron chi connectivity index (χ3n) is 5.63. The number of nitrogens with zero attached hydrogens (tertiary/aromatic N) is 2. The van der Waals surface area contributed by atoms with Crippen LogP contribution in [0, 0.1) is 0 Å². The topological polar surface area (TPSA) is 120 Å². The molecule has 0 aliphatic heterocycles. The molecule has 1 fully saturated rings. The number of aromatic amines is 1. The highest BCUT2D eigenvalue weighted by Crippen LogP contribution is 2.30. The molecule has 1 saturated carbocycles. The number of rotatable bonds is 6. The Morgan fingerprint density at radius 2 is 1.84 bits per heavy atom. The van der Waals surface area contributed by atoms with Crippen LogP contribution in [0.15, 0.2) is 36.8 Å². The van der Waals surface area contributed by atoms with Crippen molar-refractivity contribution in [3.63, 3.8) is 0 Å². The Hall–Kier alpha value is -2.97. The lowest BCUT2D eigenvalue weighted by molar-refractivity contribution is -0.129. The molecule has 0 spiro atoms. The second-order valence-electron chi connectivity index (χ2n) is 7.83. The van der Waals surface area contributed by atoms with Gasteiger partial charge in [-0.05, 0) is 44.7 Å². The summed E-state index contributed by atoms with van der Waals surface area (Å²) in [6.07, 6.45) is 5.33. The van der Waals surface area contributed by atoms with E-state index in [2.05, 4.69) is 25.6 Å². The average Bonchev–Trinajstić information content (AvgIpc) is 3.20. The van der Waals surface area contributed by atoms with Crippen LogP contribution < -0.4 is 10.6 Å². The summed E-state index contributed by atoms with van der Waals surface area (Å²) in [4.78, 5) is 36.5. The molecule has 4 N–H and O–H groups in total. The van der Waals surface area contributed by atoms with Gasteiger partial charge >= 0.3 is 0 Å². The van der Waals surface area contributed by atoms with Gasteiger partial charge in [-0.1, -0.05) is 23.7 Å². The fraction of sp³-hybridized carbons (Fsp3) is 0.364. The predicted octanol–water partition coefficient (Wildman–Crippen LogP) is 3.06. The lowest BCUT2D eigenvalue weighted by Crippen LogP contribution is -2.43. The van der Waals surface area contributed by atoms with E-state index in [1.54, 1.807) is 30.5 Å². The number of hydrogen-bond acceptors (Lipinski definition) is 6. The number of hydrogen-bond donors (Lipinski definition) is 4. The van der Waals surface area contributed by atoms with Gasteiger partial charge in [-0.15, -0.1) is 0 Å². The lowest BCUT2D eigenvalue weighted by Gasteiger charge is -2.30. The maximum Gasteiger partial charge on any atom is 0.248 e. The molecule has 0 saturated heterocycles. The van der Waals surface area contributed by atoms with Crippen LogP contribution in [0.4, 0.5) is 5.82 Å². The molecular formula is C22H24ClN5O3. The minimum Gasteiger partial charge on any atom is -0.384 e. The first kappa shape index (κ1) is 21.3. The van der Waals surface area contributed by atoms with Gasteiger partial charge in [0, 0.05) is 23.8 Å². The Kier molecular flexibility index (Phi) is 6.20. The van der Waals surface area contributed by atoms with Crippen LogP contribution in [0.2, 0.25) is 5.02 Å². The highest BCUT2D eigenvalue weighted by atomic mass is 35.5. The molecule has 3 aromatic rings. The fourth-order valence-electron chi connectivity index (χ4n) is 3.94. The standard InChI is InChI=1S/C22H24ClN5O3/c1-12(29)22(31)28-14-8-6-13(7-9-14)27-21-18-16(10-24-20(18)25-11-26-21)19(30)15-4-2-3-5-17(15)23/h2-5,10-14,29H,6-9H2,1H3,(H,28,31)(H2,24,25,26,27)/t12-,13?,14?/m1/s1. The molecule has 162 valence electrons. The van der Waals surface area contributed by atoms with Crippen LogP contribution >= 0.6 is 11.6 Å². The van der Waals surface area contributed by atoms with Crippen molar-refractivity contribution in [2.24, 2.45) is 0 Å². The number of anilines is 1. The second kappa shape index (κ2) is 9.03. The number of fused-ring (bicyclic) bond motifs is 1. The van der Waals surface area contributed by atoms with Crippen molar-refractivity contribution < 1.29 is 14.7 Å². The molecule has 2 heterocycles. The zero-order valence-corrected chi connectivity index (χ0v) is 17.8. The molecule has 9 heteroatoms. The van der Waals surface area contributed by atoms with Gasteiger partial charge < -0.3 is 20.7 Å². The number of aliphatic hydroxyl groups excluding tert-OH is 1. The number of ketones is 1. The Bertz CT molecular complexity index is 1110. The Morgan fingerprint density at radius 1 is 1.13 bits per heavy atom. The maximum atomic E-state index is 13.1. The summed E-state index contributed by atoms with van der Waals surface area (Å²) in [7, 11) is 0. The van der Waals surface area contributed by atoms with Gasteiger partial charge in [-0.2, -0.15) is 0 Å². The number of amides is 1. The summed E-state index contributed by atoms with van der Waals surface area (Å²) < 4.78 is 0. The average molecular weight is 442 g/mol. The quantitative estimate of drug-likeness (QED) is 0.436. The largest absolute Gasteiger partial charge is 0.384 e. The van der Waals surface area contributed by atoms with Gasteiger partial charge in [0.05, 0.1) is 16.0 Å². The van der Waals surface area contributed by atoms with E-state index in [0.29, 0.717) is 33.0 Å². The minimum absolute atomic E-state index is 0.0511. The third-order valence-corrected chi connectivity index (χ3v) is 5.96. The van der Waals surface area contributed by atoms with Crippen molar-refractivity contribution in [2.45, 2.75) is 50.8 Å². The van der Waals surface area contributed by atoms with Crippen molar-refractivity contribution in [3.8, 4) is 0 Å². The molecule has 1 aromatic carbocycles. The molecule has 0 bridgehead atoms. The van der Waals surface area contributed by atoms with E-state index >= 15 is 0 Å². The third kappa shape index (κ3) is 4.55. The van der Waals surface area contributed by atoms with Gasteiger partial charge in [0.15, 0.2) is 5.78 Å². The van der Waals surface area contributed by atoms with Crippen molar-refractivity contribution in [3.05, 3.63) is 52.9 Å². The molecular weight excluding hydrogens is 418 g/mol. The van der Waals surface area contributed by atoms with Crippen LogP contribution in [0.1, 0.15) is 48.5 Å². The fourth-order valence-corrected chi connectivity index (χ4v) is 4.16. The maximum absolute atomic E-state index is 13.1. The monoisotopic (exact) mass is 441 g/mol. The summed E-state index contributed by atoms with van der Waals surface area (Å²) in [6, 6.07) is 7.14. The smallest absolute Gasteiger partial charge is 0.248 e. The summed E-state index contributed by atoms with van der Waals surface area (Å²) >= 11 is 6.23. The van der Waals surface area contributed by atoms with E-state index in [1.807, 2.05) is 0 Å². The molecule has 2 aromatic heterocycles. The SMILES string of the molecule is C[C@@H](O)C(=O)NC1CCC(Nc2ncnc3[nH]cc(C(=O)c4ccccc4Cl)c23)CC1. The number of halogens is 1. The molecule has 31 heavy (non-hydrogen) atoms. The molecule has 0 unspecified atom stereocenters. The van der Waals surface area contributed by atoms with E-state index in [0.717, 1.165) is 25.7 Å². The second-order valence-corrected chi connectivity index (χ2v) is 8.24. The van der Waals surface area contributed by atoms with Crippen LogP contribution in [-0.2, 0) is 4.79 Å². The van der Waals surface area contributed by atoms with Crippen LogP contribution in [0.3, 0.4) is 0 Å². The van der Waals surface area contributed by atoms with Crippen molar-refractivity contribution in [1.29, 1.82) is 0 Å². The summed E-state index contributed by atoms with van der Waals surface area (Å²) in [6.45, 7) is 1.46. The first-order valence-electron chi connectivity index (χ1n) is 10.3. The van der Waals surface area contributed by atoms with Gasteiger partial charge in [0.2, 0.25) is 5.91 Å². The first-order chi connectivity index (χ1) is 14.9. The van der Waals surface area contributed by atoms with E-state index in [-0.39, 0.29) is 23.8 Å². The molecule has 1 aliphatic carbocycles. The van der Waals surface area contributed by atoms with Crippen molar-refractivity contribution in [2.75, 3.05) is 5.32 Å². The molecule has 1 aliphatic rings. The number of nitrogens with one attached hydrogen (secondary N) is 3. The first-order valence-corrected chi connectivity index (χ1v) is 10.7. The summed E-state index contributed by atoms with van der Waals surface area (Å²) in [5.41, 5.74) is 1.46. The van der Waals surface area contributed by atoms with Crippen LogP contribution in [-0.4, -0.2) is 49.9 Å². The molecule has 4 rings (SSSR count). The molecule has 8 nitrogen and oxygen atoms in total. The molecule has 1 atom stereocenters. The Balaban J connectivity index is 1.52. The normalized spacial score (nSPS) is 19.7. The summed E-state index contributed by atoms with van der Waals surface area (Å²) in [5.74, 6) is 0.0568. The highest BCUT2D eigenvalue weighted by molar-refractivity contribution is 6.35. The number of aliphatic hydroxyl groups is 1. The number of carbonyl (C=O) groups excluding carboxylic acids is 2. The van der Waals surface area contributed by atoms with Gasteiger partial charge in [-0.3, -0.25) is 9.59 Å². The van der Waals surface area contributed by atoms with Gasteiger partial charge in [0.25, 0.3) is 0 Å². The predicted molar refractivity (Wildman–Crippen MR) is 118 cm³/mol. The molecule has 0 radical (unpaired) electrons. The lowest BCUT2D eigenvalue weighted by atomic mass is 9.91. The van der Waals surface area contributed by atoms with Crippen molar-refractivity contribution >= 4 is 40.1 Å². The number of H-pyrrole nitrogens is 1. The van der Waals surface area contributed by atoms with E-state index in [9.17, 15) is 14.7 Å². The van der Waals surface area contributed by atoms with E-state index < -0.39 is 6.10 Å². The zero-order chi connectivity index (χ0) is 22.0. The van der Waals surface area contributed by atoms with Gasteiger partial charge in [-0.25, -0.2) is 9.97 Å². The highest BCUT2D eigenvalue weighted by Gasteiger charge is 2.26. The zero-order valence-electron chi connectivity index (χ0n) is 17.1. The van der Waals surface area contributed by atoms with Gasteiger partial charge in [0.1, 0.15) is 23.9 Å².